The zero-order valence-electron chi connectivity index (χ0n) is 9.19. The normalized spacial score (nSPS) is 10.1. The van der Waals surface area contributed by atoms with E-state index in [2.05, 4.69) is 0 Å². The number of ketones is 1. The van der Waals surface area contributed by atoms with Crippen molar-refractivity contribution < 1.29 is 24.5 Å². The van der Waals surface area contributed by atoms with Crippen molar-refractivity contribution in [3.8, 4) is 17.2 Å². The van der Waals surface area contributed by atoms with Crippen molar-refractivity contribution in [2.24, 2.45) is 0 Å². The molecule has 0 saturated carbocycles. The molecule has 0 fully saturated rings. The van der Waals surface area contributed by atoms with Crippen LogP contribution in [0.1, 0.15) is 17.3 Å². The van der Waals surface area contributed by atoms with Gasteiger partial charge in [0.1, 0.15) is 29.4 Å². The third-order valence-corrected chi connectivity index (χ3v) is 2.02. The summed E-state index contributed by atoms with van der Waals surface area (Å²) in [5.41, 5.74) is -0.144. The van der Waals surface area contributed by atoms with Gasteiger partial charge in [-0.15, -0.1) is 0 Å². The highest BCUT2D eigenvalue weighted by Crippen LogP contribution is 2.32. The van der Waals surface area contributed by atoms with Crippen molar-refractivity contribution in [1.82, 2.24) is 0 Å². The van der Waals surface area contributed by atoms with Crippen LogP contribution in [0.4, 0.5) is 0 Å². The van der Waals surface area contributed by atoms with Crippen LogP contribution in [0.15, 0.2) is 12.1 Å². The molecule has 0 spiro atoms. The molecule has 0 aromatic heterocycles. The predicted octanol–water partition coefficient (Wildman–Crippen LogP) is 1.33. The molecule has 16 heavy (non-hydrogen) atoms. The van der Waals surface area contributed by atoms with E-state index in [-0.39, 0.29) is 29.4 Å². The third-order valence-electron chi connectivity index (χ3n) is 2.02. The number of hydrogen-bond acceptors (Lipinski definition) is 5. The summed E-state index contributed by atoms with van der Waals surface area (Å²) < 4.78 is 9.74. The molecule has 88 valence electrons. The Morgan fingerprint density at radius 3 is 2.31 bits per heavy atom. The van der Waals surface area contributed by atoms with E-state index in [9.17, 15) is 15.0 Å². The lowest BCUT2D eigenvalue weighted by Gasteiger charge is -2.08. The van der Waals surface area contributed by atoms with E-state index in [1.165, 1.54) is 19.2 Å². The highest BCUT2D eigenvalue weighted by atomic mass is 16.5. The number of methoxy groups -OCH3 is 1. The Balaban J connectivity index is 3.00. The van der Waals surface area contributed by atoms with Gasteiger partial charge in [0.15, 0.2) is 5.78 Å². The molecule has 0 saturated heterocycles. The van der Waals surface area contributed by atoms with Crippen molar-refractivity contribution in [2.75, 3.05) is 20.3 Å². The zero-order valence-corrected chi connectivity index (χ0v) is 9.19. The molecule has 0 bridgehead atoms. The predicted molar refractivity (Wildman–Crippen MR) is 57.1 cm³/mol. The molecule has 1 aromatic rings. The minimum absolute atomic E-state index is 0.144. The van der Waals surface area contributed by atoms with Crippen LogP contribution in [-0.2, 0) is 4.74 Å². The Labute approximate surface area is 93.2 Å². The highest BCUT2D eigenvalue weighted by molar-refractivity contribution is 6.02. The van der Waals surface area contributed by atoms with E-state index in [1.807, 2.05) is 0 Å². The molecule has 0 unspecified atom stereocenters. The minimum atomic E-state index is -0.473. The van der Waals surface area contributed by atoms with E-state index < -0.39 is 5.78 Å². The molecule has 0 amide bonds. The second kappa shape index (κ2) is 5.37. The van der Waals surface area contributed by atoms with Crippen LogP contribution in [0.3, 0.4) is 0 Å². The molecule has 0 aliphatic carbocycles. The molecule has 0 aliphatic heterocycles. The Morgan fingerprint density at radius 1 is 1.31 bits per heavy atom. The number of phenols is 2. The Kier molecular flexibility index (Phi) is 4.13. The molecular formula is C11H14O5. The van der Waals surface area contributed by atoms with Gasteiger partial charge in [0.05, 0.1) is 7.11 Å². The van der Waals surface area contributed by atoms with Gasteiger partial charge in [0, 0.05) is 18.7 Å². The molecule has 2 N–H and O–H groups in total. The summed E-state index contributed by atoms with van der Waals surface area (Å²) in [5.74, 6) is -0.828. The van der Waals surface area contributed by atoms with E-state index in [1.54, 1.807) is 6.92 Å². The summed E-state index contributed by atoms with van der Waals surface area (Å²) >= 11 is 0. The van der Waals surface area contributed by atoms with Crippen molar-refractivity contribution in [3.05, 3.63) is 17.7 Å². The van der Waals surface area contributed by atoms with Crippen LogP contribution in [0.25, 0.3) is 0 Å². The number of aromatic hydroxyl groups is 2. The quantitative estimate of drug-likeness (QED) is 0.740. The molecule has 0 heterocycles. The minimum Gasteiger partial charge on any atom is -0.507 e. The summed E-state index contributed by atoms with van der Waals surface area (Å²) in [6.07, 6.45) is 0. The summed E-state index contributed by atoms with van der Waals surface area (Å²) in [7, 11) is 1.40. The number of ether oxygens (including phenoxy) is 2. The fraction of sp³-hybridized carbons (Fsp3) is 0.364. The molecule has 1 aromatic carbocycles. The Bertz CT molecular complexity index is 363. The molecular weight excluding hydrogens is 212 g/mol. The van der Waals surface area contributed by atoms with Crippen molar-refractivity contribution in [3.63, 3.8) is 0 Å². The van der Waals surface area contributed by atoms with Gasteiger partial charge in [0.25, 0.3) is 0 Å². The second-order valence-electron chi connectivity index (χ2n) is 3.10. The Morgan fingerprint density at radius 2 is 1.88 bits per heavy atom. The Hall–Kier alpha value is -1.75. The van der Waals surface area contributed by atoms with E-state index in [4.69, 9.17) is 9.47 Å². The second-order valence-corrected chi connectivity index (χ2v) is 3.10. The molecule has 5 nitrogen and oxygen atoms in total. The van der Waals surface area contributed by atoms with Gasteiger partial charge in [-0.05, 0) is 6.92 Å². The molecule has 0 radical (unpaired) electrons. The largest absolute Gasteiger partial charge is 0.507 e. The van der Waals surface area contributed by atoms with E-state index in [0.29, 0.717) is 6.61 Å². The highest BCUT2D eigenvalue weighted by Gasteiger charge is 2.17. The molecule has 5 heteroatoms. The molecule has 0 aliphatic rings. The fourth-order valence-corrected chi connectivity index (χ4v) is 1.26. The van der Waals surface area contributed by atoms with Gasteiger partial charge in [-0.3, -0.25) is 4.79 Å². The first-order valence-corrected chi connectivity index (χ1v) is 4.81. The average molecular weight is 226 g/mol. The fourth-order valence-electron chi connectivity index (χ4n) is 1.26. The number of Topliss-reactive ketones (excluding diaryl/α,β-unsaturated/α-hetero) is 1. The third kappa shape index (κ3) is 2.64. The van der Waals surface area contributed by atoms with Crippen molar-refractivity contribution in [2.45, 2.75) is 6.92 Å². The first-order valence-electron chi connectivity index (χ1n) is 4.81. The number of hydrogen-bond donors (Lipinski definition) is 2. The van der Waals surface area contributed by atoms with Gasteiger partial charge >= 0.3 is 0 Å². The maximum atomic E-state index is 11.6. The van der Waals surface area contributed by atoms with Gasteiger partial charge in [-0.1, -0.05) is 0 Å². The molecule has 1 rings (SSSR count). The van der Waals surface area contributed by atoms with Crippen molar-refractivity contribution in [1.29, 1.82) is 0 Å². The number of carbonyl (C=O) groups excluding carboxylic acids is 1. The SMILES string of the molecule is CCOCC(=O)c1c(O)cc(OC)cc1O. The van der Waals surface area contributed by atoms with Gasteiger partial charge < -0.3 is 19.7 Å². The van der Waals surface area contributed by atoms with Crippen LogP contribution in [0, 0.1) is 0 Å². The lowest BCUT2D eigenvalue weighted by Crippen LogP contribution is -2.09. The first-order chi connectivity index (χ1) is 7.60. The van der Waals surface area contributed by atoms with Crippen molar-refractivity contribution >= 4 is 5.78 Å². The summed E-state index contributed by atoms with van der Waals surface area (Å²) in [5, 5.41) is 19.1. The number of phenolic OH excluding ortho intramolecular Hbond substituents is 2. The monoisotopic (exact) mass is 226 g/mol. The number of rotatable bonds is 5. The van der Waals surface area contributed by atoms with Crippen LogP contribution in [-0.4, -0.2) is 36.3 Å². The first kappa shape index (κ1) is 12.3. The van der Waals surface area contributed by atoms with E-state index >= 15 is 0 Å². The average Bonchev–Trinajstić information content (AvgIpc) is 2.25. The van der Waals surface area contributed by atoms with E-state index in [0.717, 1.165) is 0 Å². The maximum absolute atomic E-state index is 11.6. The summed E-state index contributed by atoms with van der Waals surface area (Å²) in [4.78, 5) is 11.6. The van der Waals surface area contributed by atoms with Gasteiger partial charge in [-0.25, -0.2) is 0 Å². The molecule has 0 atom stereocenters. The standard InChI is InChI=1S/C11H14O5/c1-3-16-6-10(14)11-8(12)4-7(15-2)5-9(11)13/h4-5,12-13H,3,6H2,1-2H3. The number of benzene rings is 1. The zero-order chi connectivity index (χ0) is 12.1. The smallest absolute Gasteiger partial charge is 0.195 e. The summed E-state index contributed by atoms with van der Waals surface area (Å²) in [6.45, 7) is 1.97. The number of carbonyl (C=O) groups is 1. The van der Waals surface area contributed by atoms with Gasteiger partial charge in [0.2, 0.25) is 0 Å². The summed E-state index contributed by atoms with van der Waals surface area (Å²) in [6, 6.07) is 2.53. The van der Waals surface area contributed by atoms with Crippen LogP contribution >= 0.6 is 0 Å². The lowest BCUT2D eigenvalue weighted by atomic mass is 10.1. The topological polar surface area (TPSA) is 76.0 Å². The maximum Gasteiger partial charge on any atom is 0.195 e. The van der Waals surface area contributed by atoms with Gasteiger partial charge in [-0.2, -0.15) is 0 Å². The van der Waals surface area contributed by atoms with Crippen LogP contribution < -0.4 is 4.74 Å². The van der Waals surface area contributed by atoms with Crippen LogP contribution in [0.5, 0.6) is 17.2 Å². The lowest BCUT2D eigenvalue weighted by molar-refractivity contribution is 0.0778. The van der Waals surface area contributed by atoms with Crippen LogP contribution in [0.2, 0.25) is 0 Å².